The van der Waals surface area contributed by atoms with Crippen molar-refractivity contribution in [2.45, 2.75) is 44.6 Å². The van der Waals surface area contributed by atoms with Crippen LogP contribution in [0.4, 0.5) is 0 Å². The Balaban J connectivity index is 1.25. The average molecular weight is 298 g/mol. The van der Waals surface area contributed by atoms with Gasteiger partial charge in [-0.05, 0) is 62.1 Å². The molecule has 3 atom stereocenters. The first kappa shape index (κ1) is 14.3. The van der Waals surface area contributed by atoms with Crippen LogP contribution < -0.4 is 5.32 Å². The summed E-state index contributed by atoms with van der Waals surface area (Å²) < 4.78 is 0. The second-order valence-electron chi connectivity index (χ2n) is 7.43. The van der Waals surface area contributed by atoms with Crippen molar-refractivity contribution in [3.8, 4) is 0 Å². The maximum atomic E-state index is 12.4. The normalized spacial score (nSPS) is 31.2. The lowest BCUT2D eigenvalue weighted by molar-refractivity contribution is -0.122. The highest BCUT2D eigenvalue weighted by atomic mass is 16.2. The third-order valence-electron chi connectivity index (χ3n) is 5.66. The molecule has 3 aliphatic rings. The molecule has 0 aromatic heterocycles. The zero-order valence-electron chi connectivity index (χ0n) is 13.4. The highest BCUT2D eigenvalue weighted by Crippen LogP contribution is 2.48. The molecule has 2 saturated carbocycles. The Morgan fingerprint density at radius 1 is 1.27 bits per heavy atom. The van der Waals surface area contributed by atoms with Gasteiger partial charge >= 0.3 is 0 Å². The van der Waals surface area contributed by atoms with E-state index in [1.807, 2.05) is 0 Å². The zero-order valence-corrected chi connectivity index (χ0v) is 13.4. The van der Waals surface area contributed by atoms with Gasteiger partial charge in [0.15, 0.2) is 0 Å². The summed E-state index contributed by atoms with van der Waals surface area (Å²) >= 11 is 0. The van der Waals surface area contributed by atoms with E-state index < -0.39 is 0 Å². The lowest BCUT2D eigenvalue weighted by atomic mass is 10.0. The first-order valence-corrected chi connectivity index (χ1v) is 8.79. The molecular weight excluding hydrogens is 272 g/mol. The number of benzene rings is 1. The van der Waals surface area contributed by atoms with E-state index in [9.17, 15) is 4.79 Å². The molecule has 0 unspecified atom stereocenters. The Morgan fingerprint density at radius 3 is 2.86 bits per heavy atom. The number of amides is 1. The minimum Gasteiger partial charge on any atom is -0.356 e. The molecule has 0 bridgehead atoms. The predicted octanol–water partition coefficient (Wildman–Crippen LogP) is 2.70. The molecule has 3 heteroatoms. The van der Waals surface area contributed by atoms with Gasteiger partial charge < -0.3 is 10.2 Å². The summed E-state index contributed by atoms with van der Waals surface area (Å²) in [6.07, 6.45) is 5.05. The van der Waals surface area contributed by atoms with Crippen molar-refractivity contribution in [3.63, 3.8) is 0 Å². The van der Waals surface area contributed by atoms with E-state index >= 15 is 0 Å². The van der Waals surface area contributed by atoms with Crippen LogP contribution in [0.2, 0.25) is 0 Å². The Kier molecular flexibility index (Phi) is 3.69. The highest BCUT2D eigenvalue weighted by Gasteiger charge is 2.44. The van der Waals surface area contributed by atoms with Crippen molar-refractivity contribution < 1.29 is 4.79 Å². The molecule has 1 aromatic carbocycles. The second-order valence-corrected chi connectivity index (χ2v) is 7.43. The summed E-state index contributed by atoms with van der Waals surface area (Å²) in [5.41, 5.74) is 2.68. The average Bonchev–Trinajstić information content (AvgIpc) is 3.44. The van der Waals surface area contributed by atoms with Crippen molar-refractivity contribution >= 4 is 5.91 Å². The van der Waals surface area contributed by atoms with Crippen LogP contribution >= 0.6 is 0 Å². The molecule has 1 aromatic rings. The Labute approximate surface area is 133 Å². The fraction of sp³-hybridized carbons (Fsp3) is 0.632. The number of hydrogen-bond acceptors (Lipinski definition) is 2. The van der Waals surface area contributed by atoms with Crippen LogP contribution in [0.1, 0.15) is 42.7 Å². The molecular formula is C19H26N2O. The van der Waals surface area contributed by atoms with Crippen molar-refractivity contribution in [1.29, 1.82) is 0 Å². The molecule has 0 radical (unpaired) electrons. The topological polar surface area (TPSA) is 32.3 Å². The van der Waals surface area contributed by atoms with Crippen LogP contribution in [-0.2, 0) is 4.79 Å². The molecule has 0 spiro atoms. The molecule has 1 amide bonds. The maximum absolute atomic E-state index is 12.4. The van der Waals surface area contributed by atoms with E-state index in [4.69, 9.17) is 0 Å². The van der Waals surface area contributed by atoms with Gasteiger partial charge in [-0.3, -0.25) is 4.79 Å². The van der Waals surface area contributed by atoms with E-state index in [2.05, 4.69) is 41.4 Å². The van der Waals surface area contributed by atoms with Crippen molar-refractivity contribution in [2.24, 2.45) is 11.8 Å². The van der Waals surface area contributed by atoms with Gasteiger partial charge in [0.25, 0.3) is 0 Å². The Bertz CT molecular complexity index is 566. The summed E-state index contributed by atoms with van der Waals surface area (Å²) in [5.74, 6) is 1.60. The first-order valence-electron chi connectivity index (χ1n) is 8.79. The summed E-state index contributed by atoms with van der Waals surface area (Å²) in [7, 11) is 0. The van der Waals surface area contributed by atoms with E-state index in [0.29, 0.717) is 11.8 Å². The van der Waals surface area contributed by atoms with Crippen molar-refractivity contribution in [2.75, 3.05) is 19.6 Å². The maximum Gasteiger partial charge on any atom is 0.223 e. The SMILES string of the molecule is Cc1ccccc1[C@@H]1C[C@@H]1C(=O)NC[C@H]1CCN(C2CC2)C1. The van der Waals surface area contributed by atoms with E-state index in [1.54, 1.807) is 0 Å². The van der Waals surface area contributed by atoms with E-state index in [0.717, 1.165) is 19.0 Å². The smallest absolute Gasteiger partial charge is 0.223 e. The molecule has 3 nitrogen and oxygen atoms in total. The van der Waals surface area contributed by atoms with E-state index in [-0.39, 0.29) is 11.8 Å². The third-order valence-corrected chi connectivity index (χ3v) is 5.66. The van der Waals surface area contributed by atoms with Gasteiger partial charge in [0.05, 0.1) is 0 Å². The van der Waals surface area contributed by atoms with Crippen LogP contribution in [0.15, 0.2) is 24.3 Å². The summed E-state index contributed by atoms with van der Waals surface area (Å²) in [4.78, 5) is 15.0. The molecule has 1 heterocycles. The lowest BCUT2D eigenvalue weighted by Crippen LogP contribution is -2.32. The van der Waals surface area contributed by atoms with Crippen LogP contribution in [0.25, 0.3) is 0 Å². The summed E-state index contributed by atoms with van der Waals surface area (Å²) in [5, 5.41) is 3.22. The minimum atomic E-state index is 0.210. The number of likely N-dealkylation sites (tertiary alicyclic amines) is 1. The van der Waals surface area contributed by atoms with Gasteiger partial charge in [-0.1, -0.05) is 24.3 Å². The van der Waals surface area contributed by atoms with Gasteiger partial charge in [0.1, 0.15) is 0 Å². The number of nitrogens with one attached hydrogen (secondary N) is 1. The standard InChI is InChI=1S/C19H26N2O/c1-13-4-2-3-5-16(13)17-10-18(17)19(22)20-11-14-8-9-21(12-14)15-6-7-15/h2-5,14-15,17-18H,6-12H2,1H3,(H,20,22)/t14-,17+,18+/m1/s1. The van der Waals surface area contributed by atoms with Crippen LogP contribution in [0.5, 0.6) is 0 Å². The molecule has 1 aliphatic heterocycles. The van der Waals surface area contributed by atoms with Crippen molar-refractivity contribution in [3.05, 3.63) is 35.4 Å². The summed E-state index contributed by atoms with van der Waals surface area (Å²) in [6, 6.07) is 9.35. The van der Waals surface area contributed by atoms with Gasteiger partial charge in [0, 0.05) is 25.0 Å². The molecule has 4 rings (SSSR count). The lowest BCUT2D eigenvalue weighted by Gasteiger charge is -2.15. The number of hydrogen-bond donors (Lipinski definition) is 1. The number of carbonyl (C=O) groups is 1. The Hall–Kier alpha value is -1.35. The summed E-state index contributed by atoms with van der Waals surface area (Å²) in [6.45, 7) is 5.45. The fourth-order valence-electron chi connectivity index (χ4n) is 4.01. The highest BCUT2D eigenvalue weighted by molar-refractivity contribution is 5.83. The fourth-order valence-corrected chi connectivity index (χ4v) is 4.01. The quantitative estimate of drug-likeness (QED) is 0.906. The largest absolute Gasteiger partial charge is 0.356 e. The zero-order chi connectivity index (χ0) is 15.1. The molecule has 3 fully saturated rings. The second kappa shape index (κ2) is 5.69. The number of carbonyl (C=O) groups excluding carboxylic acids is 1. The molecule has 118 valence electrons. The molecule has 1 N–H and O–H groups in total. The number of nitrogens with zero attached hydrogens (tertiary/aromatic N) is 1. The molecule has 1 saturated heterocycles. The Morgan fingerprint density at radius 2 is 2.09 bits per heavy atom. The van der Waals surface area contributed by atoms with Crippen LogP contribution in [-0.4, -0.2) is 36.5 Å². The van der Waals surface area contributed by atoms with Gasteiger partial charge in [0.2, 0.25) is 5.91 Å². The molecule has 2 aliphatic carbocycles. The van der Waals surface area contributed by atoms with Gasteiger partial charge in [-0.15, -0.1) is 0 Å². The van der Waals surface area contributed by atoms with Crippen molar-refractivity contribution in [1.82, 2.24) is 10.2 Å². The van der Waals surface area contributed by atoms with E-state index in [1.165, 1.54) is 43.5 Å². The van der Waals surface area contributed by atoms with Gasteiger partial charge in [-0.2, -0.15) is 0 Å². The minimum absolute atomic E-state index is 0.210. The first-order chi connectivity index (χ1) is 10.7. The van der Waals surface area contributed by atoms with Crippen LogP contribution in [0.3, 0.4) is 0 Å². The predicted molar refractivity (Wildman–Crippen MR) is 87.7 cm³/mol. The molecule has 22 heavy (non-hydrogen) atoms. The monoisotopic (exact) mass is 298 g/mol. The third kappa shape index (κ3) is 2.91. The number of aryl methyl sites for hydroxylation is 1. The number of rotatable bonds is 5. The van der Waals surface area contributed by atoms with Gasteiger partial charge in [-0.25, -0.2) is 0 Å². The van der Waals surface area contributed by atoms with Crippen LogP contribution in [0, 0.1) is 18.8 Å².